The highest BCUT2D eigenvalue weighted by Gasteiger charge is 2.30. The SMILES string of the molecule is COc1cc2nc(C)nc(N3CC(CCS(N)(=O)=O)C3)c2cc1OC. The van der Waals surface area contributed by atoms with Gasteiger partial charge in [-0.05, 0) is 25.3 Å². The highest BCUT2D eigenvalue weighted by molar-refractivity contribution is 7.89. The number of hydrogen-bond donors (Lipinski definition) is 1. The number of aromatic nitrogens is 2. The molecule has 2 heterocycles. The zero-order valence-electron chi connectivity index (χ0n) is 14.5. The zero-order chi connectivity index (χ0) is 18.2. The van der Waals surface area contributed by atoms with E-state index >= 15 is 0 Å². The Bertz CT molecular complexity index is 895. The van der Waals surface area contributed by atoms with Gasteiger partial charge in [0, 0.05) is 24.5 Å². The van der Waals surface area contributed by atoms with Crippen molar-refractivity contribution in [3.8, 4) is 11.5 Å². The van der Waals surface area contributed by atoms with E-state index in [1.807, 2.05) is 19.1 Å². The molecule has 0 spiro atoms. The van der Waals surface area contributed by atoms with Crippen molar-refractivity contribution in [3.63, 3.8) is 0 Å². The van der Waals surface area contributed by atoms with Gasteiger partial charge in [-0.2, -0.15) is 0 Å². The maximum absolute atomic E-state index is 11.1. The van der Waals surface area contributed by atoms with Gasteiger partial charge < -0.3 is 14.4 Å². The van der Waals surface area contributed by atoms with Crippen LogP contribution in [-0.4, -0.2) is 51.4 Å². The molecule has 1 aromatic carbocycles. The van der Waals surface area contributed by atoms with Crippen molar-refractivity contribution in [2.45, 2.75) is 13.3 Å². The quantitative estimate of drug-likeness (QED) is 0.814. The van der Waals surface area contributed by atoms with Crippen molar-refractivity contribution in [2.24, 2.45) is 11.1 Å². The molecule has 0 aliphatic carbocycles. The second-order valence-electron chi connectivity index (χ2n) is 6.25. The smallest absolute Gasteiger partial charge is 0.209 e. The third-order valence-corrected chi connectivity index (χ3v) is 5.16. The van der Waals surface area contributed by atoms with E-state index in [-0.39, 0.29) is 5.75 Å². The molecule has 2 aromatic rings. The van der Waals surface area contributed by atoms with Crippen LogP contribution in [0.2, 0.25) is 0 Å². The molecule has 1 fully saturated rings. The number of ether oxygens (including phenoxy) is 2. The number of fused-ring (bicyclic) bond motifs is 1. The second-order valence-corrected chi connectivity index (χ2v) is 7.98. The molecule has 8 nitrogen and oxygen atoms in total. The summed E-state index contributed by atoms with van der Waals surface area (Å²) in [5.74, 6) is 3.05. The van der Waals surface area contributed by atoms with Crippen LogP contribution in [0.25, 0.3) is 10.9 Å². The van der Waals surface area contributed by atoms with Gasteiger partial charge in [0.2, 0.25) is 10.0 Å². The molecule has 0 radical (unpaired) electrons. The summed E-state index contributed by atoms with van der Waals surface area (Å²) >= 11 is 0. The third kappa shape index (κ3) is 3.77. The van der Waals surface area contributed by atoms with Crippen LogP contribution < -0.4 is 19.5 Å². The van der Waals surface area contributed by atoms with E-state index in [1.165, 1.54) is 0 Å². The number of hydrogen-bond acceptors (Lipinski definition) is 7. The Kier molecular flexibility index (Phi) is 4.70. The fraction of sp³-hybridized carbons (Fsp3) is 0.500. The van der Waals surface area contributed by atoms with Crippen molar-refractivity contribution < 1.29 is 17.9 Å². The van der Waals surface area contributed by atoms with Gasteiger partial charge in [-0.25, -0.2) is 23.5 Å². The van der Waals surface area contributed by atoms with Crippen molar-refractivity contribution in [1.29, 1.82) is 0 Å². The average Bonchev–Trinajstić information content (AvgIpc) is 2.50. The number of rotatable bonds is 6. The Morgan fingerprint density at radius 3 is 2.44 bits per heavy atom. The Hall–Kier alpha value is -2.13. The largest absolute Gasteiger partial charge is 0.493 e. The minimum atomic E-state index is -3.41. The Labute approximate surface area is 147 Å². The first-order valence-electron chi connectivity index (χ1n) is 7.96. The summed E-state index contributed by atoms with van der Waals surface area (Å²) in [7, 11) is -0.234. The lowest BCUT2D eigenvalue weighted by Gasteiger charge is -2.40. The lowest BCUT2D eigenvalue weighted by Crippen LogP contribution is -2.48. The minimum absolute atomic E-state index is 0.0140. The topological polar surface area (TPSA) is 108 Å². The summed E-state index contributed by atoms with van der Waals surface area (Å²) in [4.78, 5) is 11.2. The molecule has 1 aliphatic rings. The van der Waals surface area contributed by atoms with Gasteiger partial charge in [0.05, 0.1) is 25.5 Å². The first-order valence-corrected chi connectivity index (χ1v) is 9.68. The van der Waals surface area contributed by atoms with Crippen molar-refractivity contribution in [3.05, 3.63) is 18.0 Å². The van der Waals surface area contributed by atoms with E-state index in [4.69, 9.17) is 14.6 Å². The van der Waals surface area contributed by atoms with Crippen LogP contribution in [0.1, 0.15) is 12.2 Å². The molecule has 3 rings (SSSR count). The molecular weight excluding hydrogens is 344 g/mol. The van der Waals surface area contributed by atoms with Crippen LogP contribution in [0.15, 0.2) is 12.1 Å². The normalized spacial score (nSPS) is 15.3. The van der Waals surface area contributed by atoms with E-state index < -0.39 is 10.0 Å². The molecule has 0 atom stereocenters. The van der Waals surface area contributed by atoms with Gasteiger partial charge in [-0.3, -0.25) is 0 Å². The first-order chi connectivity index (χ1) is 11.8. The van der Waals surface area contributed by atoms with Crippen molar-refractivity contribution >= 4 is 26.7 Å². The monoisotopic (exact) mass is 366 g/mol. The Balaban J connectivity index is 1.87. The summed E-state index contributed by atoms with van der Waals surface area (Å²) in [5.41, 5.74) is 0.785. The van der Waals surface area contributed by atoms with Crippen LogP contribution in [0.4, 0.5) is 5.82 Å². The summed E-state index contributed by atoms with van der Waals surface area (Å²) in [6.07, 6.45) is 0.564. The molecule has 9 heteroatoms. The average molecular weight is 366 g/mol. The van der Waals surface area contributed by atoms with Crippen LogP contribution in [-0.2, 0) is 10.0 Å². The number of aryl methyl sites for hydroxylation is 1. The van der Waals surface area contributed by atoms with Gasteiger partial charge in [-0.15, -0.1) is 0 Å². The number of primary sulfonamides is 1. The van der Waals surface area contributed by atoms with E-state index in [1.54, 1.807) is 14.2 Å². The molecular formula is C16H22N4O4S. The van der Waals surface area contributed by atoms with Crippen LogP contribution in [0.3, 0.4) is 0 Å². The number of benzene rings is 1. The molecule has 2 N–H and O–H groups in total. The lowest BCUT2D eigenvalue weighted by molar-refractivity contribution is 0.355. The molecule has 0 saturated carbocycles. The summed E-state index contributed by atoms with van der Waals surface area (Å²) in [5, 5.41) is 5.96. The number of nitrogens with zero attached hydrogens (tertiary/aromatic N) is 3. The number of sulfonamides is 1. The predicted octanol–water partition coefficient (Wildman–Crippen LogP) is 1.07. The fourth-order valence-corrected chi connectivity index (χ4v) is 3.71. The number of nitrogens with two attached hydrogens (primary N) is 1. The molecule has 1 saturated heterocycles. The molecule has 0 unspecified atom stereocenters. The van der Waals surface area contributed by atoms with Crippen LogP contribution in [0.5, 0.6) is 11.5 Å². The molecule has 0 bridgehead atoms. The highest BCUT2D eigenvalue weighted by Crippen LogP contribution is 2.37. The van der Waals surface area contributed by atoms with E-state index in [2.05, 4.69) is 14.9 Å². The minimum Gasteiger partial charge on any atom is -0.493 e. The van der Waals surface area contributed by atoms with Crippen LogP contribution in [0, 0.1) is 12.8 Å². The Morgan fingerprint density at radius 1 is 1.20 bits per heavy atom. The van der Waals surface area contributed by atoms with Crippen molar-refractivity contribution in [2.75, 3.05) is 38.0 Å². The standard InChI is InChI=1S/C16H22N4O4S/c1-10-18-13-7-15(24-3)14(23-2)6-12(13)16(19-10)20-8-11(9-20)4-5-25(17,21)22/h6-7,11H,4-5,8-9H2,1-3H3,(H2,17,21,22). The van der Waals surface area contributed by atoms with Gasteiger partial charge in [0.15, 0.2) is 11.5 Å². The van der Waals surface area contributed by atoms with Gasteiger partial charge in [0.25, 0.3) is 0 Å². The molecule has 136 valence electrons. The lowest BCUT2D eigenvalue weighted by atomic mass is 9.97. The van der Waals surface area contributed by atoms with Crippen molar-refractivity contribution in [1.82, 2.24) is 9.97 Å². The zero-order valence-corrected chi connectivity index (χ0v) is 15.3. The summed E-state index contributed by atoms with van der Waals surface area (Å²) < 4.78 is 32.9. The maximum Gasteiger partial charge on any atom is 0.209 e. The summed E-state index contributed by atoms with van der Waals surface area (Å²) in [6.45, 7) is 3.34. The van der Waals surface area contributed by atoms with Gasteiger partial charge >= 0.3 is 0 Å². The van der Waals surface area contributed by atoms with Gasteiger partial charge in [-0.1, -0.05) is 0 Å². The number of anilines is 1. The maximum atomic E-state index is 11.1. The van der Waals surface area contributed by atoms with E-state index in [9.17, 15) is 8.42 Å². The third-order valence-electron chi connectivity index (χ3n) is 4.36. The first kappa shape index (κ1) is 17.7. The number of methoxy groups -OCH3 is 2. The van der Waals surface area contributed by atoms with Gasteiger partial charge in [0.1, 0.15) is 11.6 Å². The fourth-order valence-electron chi connectivity index (χ4n) is 3.05. The Morgan fingerprint density at radius 2 is 1.84 bits per heavy atom. The molecule has 0 amide bonds. The van der Waals surface area contributed by atoms with E-state index in [0.29, 0.717) is 29.7 Å². The van der Waals surface area contributed by atoms with Crippen LogP contribution >= 0.6 is 0 Å². The second kappa shape index (κ2) is 6.64. The molecule has 1 aromatic heterocycles. The molecule has 1 aliphatic heterocycles. The predicted molar refractivity (Wildman–Crippen MR) is 95.7 cm³/mol. The van der Waals surface area contributed by atoms with E-state index in [0.717, 1.165) is 29.8 Å². The highest BCUT2D eigenvalue weighted by atomic mass is 32.2. The summed E-state index contributed by atoms with van der Waals surface area (Å²) in [6, 6.07) is 3.71. The molecule has 25 heavy (non-hydrogen) atoms.